The van der Waals surface area contributed by atoms with Crippen molar-refractivity contribution in [3.8, 4) is 11.3 Å². The summed E-state index contributed by atoms with van der Waals surface area (Å²) in [6.07, 6.45) is 0.933. The third-order valence-electron chi connectivity index (χ3n) is 4.75. The van der Waals surface area contributed by atoms with Crippen LogP contribution in [0.15, 0.2) is 30.3 Å². The van der Waals surface area contributed by atoms with E-state index in [1.54, 1.807) is 6.07 Å². The van der Waals surface area contributed by atoms with E-state index in [0.717, 1.165) is 17.7 Å². The van der Waals surface area contributed by atoms with E-state index in [4.69, 9.17) is 0 Å². The molecule has 1 saturated heterocycles. The fourth-order valence-corrected chi connectivity index (χ4v) is 3.11. The standard InChI is InChI=1S/C20H27N5O2/c1-3-8-21-19(26)14-24-9-11-25(12-10-24)20(27)18-13-17(22-23-18)16-6-4-15(2)5-7-16/h4-7,13H,3,8-12,14H2,1-2H3,(H,21,26)(H,22,23). The predicted octanol–water partition coefficient (Wildman–Crippen LogP) is 1.67. The van der Waals surface area contributed by atoms with Crippen molar-refractivity contribution in [3.63, 3.8) is 0 Å². The first-order valence-electron chi connectivity index (χ1n) is 9.47. The topological polar surface area (TPSA) is 81.3 Å². The number of nitrogens with one attached hydrogen (secondary N) is 2. The van der Waals surface area contributed by atoms with E-state index in [2.05, 4.69) is 20.4 Å². The van der Waals surface area contributed by atoms with Gasteiger partial charge in [-0.25, -0.2) is 0 Å². The SMILES string of the molecule is CCCNC(=O)CN1CCN(C(=O)c2cc(-c3ccc(C)cc3)n[nH]2)CC1. The van der Waals surface area contributed by atoms with Gasteiger partial charge in [-0.15, -0.1) is 0 Å². The summed E-state index contributed by atoms with van der Waals surface area (Å²) in [6, 6.07) is 9.87. The molecule has 2 N–H and O–H groups in total. The molecule has 1 fully saturated rings. The molecule has 3 rings (SSSR count). The van der Waals surface area contributed by atoms with Crippen molar-refractivity contribution in [3.05, 3.63) is 41.6 Å². The number of nitrogens with zero attached hydrogens (tertiary/aromatic N) is 3. The van der Waals surface area contributed by atoms with Crippen LogP contribution in [0, 0.1) is 6.92 Å². The molecule has 27 heavy (non-hydrogen) atoms. The van der Waals surface area contributed by atoms with E-state index in [1.807, 2.05) is 43.0 Å². The largest absolute Gasteiger partial charge is 0.355 e. The van der Waals surface area contributed by atoms with Crippen molar-refractivity contribution in [2.75, 3.05) is 39.3 Å². The second-order valence-corrected chi connectivity index (χ2v) is 6.95. The van der Waals surface area contributed by atoms with Gasteiger partial charge in [-0.1, -0.05) is 36.8 Å². The summed E-state index contributed by atoms with van der Waals surface area (Å²) in [5.41, 5.74) is 3.44. The van der Waals surface area contributed by atoms with Crippen LogP contribution in [0.25, 0.3) is 11.3 Å². The Balaban J connectivity index is 1.54. The zero-order valence-electron chi connectivity index (χ0n) is 16.0. The summed E-state index contributed by atoms with van der Waals surface area (Å²) in [4.78, 5) is 28.4. The summed E-state index contributed by atoms with van der Waals surface area (Å²) in [5, 5.41) is 10.0. The first kappa shape index (κ1) is 19.1. The minimum atomic E-state index is -0.0454. The number of benzene rings is 1. The number of piperazine rings is 1. The molecular weight excluding hydrogens is 342 g/mol. The third-order valence-corrected chi connectivity index (χ3v) is 4.75. The van der Waals surface area contributed by atoms with Crippen molar-refractivity contribution < 1.29 is 9.59 Å². The molecule has 144 valence electrons. The second kappa shape index (κ2) is 8.81. The van der Waals surface area contributed by atoms with Gasteiger partial charge in [0.2, 0.25) is 5.91 Å². The number of aromatic amines is 1. The quantitative estimate of drug-likeness (QED) is 0.812. The lowest BCUT2D eigenvalue weighted by molar-refractivity contribution is -0.122. The van der Waals surface area contributed by atoms with Crippen LogP contribution in [0.2, 0.25) is 0 Å². The number of carbonyl (C=O) groups excluding carboxylic acids is 2. The lowest BCUT2D eigenvalue weighted by atomic mass is 10.1. The molecule has 0 atom stereocenters. The zero-order valence-corrected chi connectivity index (χ0v) is 16.0. The predicted molar refractivity (Wildman–Crippen MR) is 104 cm³/mol. The molecule has 1 aromatic carbocycles. The molecule has 0 bridgehead atoms. The highest BCUT2D eigenvalue weighted by atomic mass is 16.2. The molecule has 1 aliphatic heterocycles. The maximum absolute atomic E-state index is 12.7. The normalized spacial score (nSPS) is 15.0. The lowest BCUT2D eigenvalue weighted by Gasteiger charge is -2.34. The minimum Gasteiger partial charge on any atom is -0.355 e. The Morgan fingerprint density at radius 1 is 1.15 bits per heavy atom. The Bertz CT molecular complexity index is 776. The number of carbonyl (C=O) groups is 2. The molecule has 2 heterocycles. The molecule has 2 aromatic rings. The highest BCUT2D eigenvalue weighted by molar-refractivity contribution is 5.93. The van der Waals surface area contributed by atoms with E-state index in [1.165, 1.54) is 5.56 Å². The van der Waals surface area contributed by atoms with Crippen LogP contribution in [0.5, 0.6) is 0 Å². The van der Waals surface area contributed by atoms with Crippen LogP contribution in [-0.2, 0) is 4.79 Å². The van der Waals surface area contributed by atoms with Gasteiger partial charge in [0.15, 0.2) is 0 Å². The molecular formula is C20H27N5O2. The summed E-state index contributed by atoms with van der Waals surface area (Å²) in [6.45, 7) is 7.79. The van der Waals surface area contributed by atoms with Gasteiger partial charge in [-0.2, -0.15) is 5.10 Å². The molecule has 1 aromatic heterocycles. The molecule has 7 nitrogen and oxygen atoms in total. The Hall–Kier alpha value is -2.67. The highest BCUT2D eigenvalue weighted by Crippen LogP contribution is 2.19. The second-order valence-electron chi connectivity index (χ2n) is 6.95. The fourth-order valence-electron chi connectivity index (χ4n) is 3.11. The molecule has 7 heteroatoms. The molecule has 1 aliphatic rings. The number of hydrogen-bond donors (Lipinski definition) is 2. The maximum Gasteiger partial charge on any atom is 0.271 e. The first-order chi connectivity index (χ1) is 13.1. The van der Waals surface area contributed by atoms with Crippen molar-refractivity contribution in [2.45, 2.75) is 20.3 Å². The average molecular weight is 369 g/mol. The smallest absolute Gasteiger partial charge is 0.271 e. The third kappa shape index (κ3) is 4.95. The van der Waals surface area contributed by atoms with Gasteiger partial charge in [-0.3, -0.25) is 19.6 Å². The number of aromatic nitrogens is 2. The highest BCUT2D eigenvalue weighted by Gasteiger charge is 2.24. The number of aryl methyl sites for hydroxylation is 1. The van der Waals surface area contributed by atoms with Crippen LogP contribution < -0.4 is 5.32 Å². The lowest BCUT2D eigenvalue weighted by Crippen LogP contribution is -2.51. The number of rotatable bonds is 6. The van der Waals surface area contributed by atoms with E-state index >= 15 is 0 Å². The minimum absolute atomic E-state index is 0.0454. The molecule has 0 aliphatic carbocycles. The van der Waals surface area contributed by atoms with Gasteiger partial charge in [0.25, 0.3) is 5.91 Å². The number of amides is 2. The Kier molecular flexibility index (Phi) is 6.24. The van der Waals surface area contributed by atoms with Gasteiger partial charge in [0.1, 0.15) is 5.69 Å². The molecule has 2 amide bonds. The van der Waals surface area contributed by atoms with Crippen LogP contribution in [0.4, 0.5) is 0 Å². The molecule has 0 radical (unpaired) electrons. The van der Waals surface area contributed by atoms with Crippen molar-refractivity contribution >= 4 is 11.8 Å². The van der Waals surface area contributed by atoms with Crippen LogP contribution >= 0.6 is 0 Å². The summed E-state index contributed by atoms with van der Waals surface area (Å²) < 4.78 is 0. The van der Waals surface area contributed by atoms with Crippen molar-refractivity contribution in [1.82, 2.24) is 25.3 Å². The van der Waals surface area contributed by atoms with Crippen molar-refractivity contribution in [2.24, 2.45) is 0 Å². The van der Waals surface area contributed by atoms with Gasteiger partial charge >= 0.3 is 0 Å². The van der Waals surface area contributed by atoms with Gasteiger partial charge in [0, 0.05) is 38.3 Å². The van der Waals surface area contributed by atoms with E-state index in [-0.39, 0.29) is 11.8 Å². The van der Waals surface area contributed by atoms with Crippen LogP contribution in [0.3, 0.4) is 0 Å². The zero-order chi connectivity index (χ0) is 19.2. The first-order valence-corrected chi connectivity index (χ1v) is 9.47. The van der Waals surface area contributed by atoms with Crippen LogP contribution in [0.1, 0.15) is 29.4 Å². The number of H-pyrrole nitrogens is 1. The van der Waals surface area contributed by atoms with Gasteiger partial charge in [0.05, 0.1) is 12.2 Å². The van der Waals surface area contributed by atoms with E-state index < -0.39 is 0 Å². The average Bonchev–Trinajstić information content (AvgIpc) is 3.17. The number of hydrogen-bond acceptors (Lipinski definition) is 4. The Morgan fingerprint density at radius 2 is 1.85 bits per heavy atom. The molecule has 0 spiro atoms. The van der Waals surface area contributed by atoms with Gasteiger partial charge in [-0.05, 0) is 19.4 Å². The van der Waals surface area contributed by atoms with E-state index in [0.29, 0.717) is 45.0 Å². The summed E-state index contributed by atoms with van der Waals surface area (Å²) >= 11 is 0. The maximum atomic E-state index is 12.7. The monoisotopic (exact) mass is 369 g/mol. The fraction of sp³-hybridized carbons (Fsp3) is 0.450. The summed E-state index contributed by atoms with van der Waals surface area (Å²) in [7, 11) is 0. The molecule has 0 unspecified atom stereocenters. The summed E-state index contributed by atoms with van der Waals surface area (Å²) in [5.74, 6) is 0.00359. The molecule has 0 saturated carbocycles. The van der Waals surface area contributed by atoms with Gasteiger partial charge < -0.3 is 10.2 Å². The Morgan fingerprint density at radius 3 is 2.52 bits per heavy atom. The van der Waals surface area contributed by atoms with Crippen molar-refractivity contribution in [1.29, 1.82) is 0 Å². The van der Waals surface area contributed by atoms with Crippen LogP contribution in [-0.4, -0.2) is 71.1 Å². The van der Waals surface area contributed by atoms with E-state index in [9.17, 15) is 9.59 Å². The Labute approximate surface area is 159 Å².